The molecule has 0 fully saturated rings. The molecular formula is C10H7BrFN3. The lowest BCUT2D eigenvalue weighted by Crippen LogP contribution is -1.80. The molecule has 0 aliphatic carbocycles. The average Bonchev–Trinajstić information content (AvgIpc) is 2.23. The molecule has 1 rings (SSSR count). The zero-order valence-electron chi connectivity index (χ0n) is 7.74. The number of benzene rings is 1. The smallest absolute Gasteiger partial charge is 0.137 e. The topological polar surface area (TPSA) is 48.8 Å². The molecule has 0 saturated carbocycles. The van der Waals surface area contributed by atoms with Gasteiger partial charge in [-0.25, -0.2) is 4.39 Å². The number of azide groups is 1. The summed E-state index contributed by atoms with van der Waals surface area (Å²) in [6.07, 6.45) is 0.499. The number of rotatable bonds is 2. The van der Waals surface area contributed by atoms with Gasteiger partial charge < -0.3 is 0 Å². The van der Waals surface area contributed by atoms with Gasteiger partial charge in [0.1, 0.15) is 5.82 Å². The van der Waals surface area contributed by atoms with E-state index >= 15 is 0 Å². The normalized spacial score (nSPS) is 8.67. The summed E-state index contributed by atoms with van der Waals surface area (Å²) in [5.41, 5.74) is 8.74. The molecule has 0 aliphatic heterocycles. The molecule has 76 valence electrons. The van der Waals surface area contributed by atoms with Crippen molar-refractivity contribution in [2.45, 2.75) is 6.42 Å². The van der Waals surface area contributed by atoms with Crippen molar-refractivity contribution in [3.63, 3.8) is 0 Å². The summed E-state index contributed by atoms with van der Waals surface area (Å²) in [6.45, 7) is 0.353. The van der Waals surface area contributed by atoms with E-state index in [2.05, 4.69) is 37.8 Å². The summed E-state index contributed by atoms with van der Waals surface area (Å²) in [7, 11) is 0. The minimum atomic E-state index is -0.311. The first-order valence-electron chi connectivity index (χ1n) is 4.19. The molecule has 0 aromatic heterocycles. The minimum absolute atomic E-state index is 0.311. The van der Waals surface area contributed by atoms with Crippen molar-refractivity contribution in [1.29, 1.82) is 0 Å². The molecule has 0 spiro atoms. The van der Waals surface area contributed by atoms with Gasteiger partial charge >= 0.3 is 0 Å². The predicted octanol–water partition coefficient (Wildman–Crippen LogP) is 3.64. The van der Waals surface area contributed by atoms with Crippen LogP contribution in [0.5, 0.6) is 0 Å². The van der Waals surface area contributed by atoms with Gasteiger partial charge in [-0.1, -0.05) is 17.0 Å². The average molecular weight is 268 g/mol. The highest BCUT2D eigenvalue weighted by Gasteiger charge is 1.97. The maximum Gasteiger partial charge on any atom is 0.137 e. The van der Waals surface area contributed by atoms with Crippen LogP contribution in [-0.4, -0.2) is 6.54 Å². The van der Waals surface area contributed by atoms with Crippen LogP contribution in [-0.2, 0) is 0 Å². The molecule has 0 N–H and O–H groups in total. The van der Waals surface area contributed by atoms with E-state index in [-0.39, 0.29) is 5.82 Å². The van der Waals surface area contributed by atoms with Crippen molar-refractivity contribution in [1.82, 2.24) is 0 Å². The van der Waals surface area contributed by atoms with Crippen molar-refractivity contribution in [2.75, 3.05) is 6.54 Å². The molecule has 0 saturated heterocycles. The molecule has 0 bridgehead atoms. The number of hydrogen-bond acceptors (Lipinski definition) is 1. The van der Waals surface area contributed by atoms with Crippen molar-refractivity contribution in [3.05, 3.63) is 44.5 Å². The summed E-state index contributed by atoms with van der Waals surface area (Å²) in [5, 5.41) is 3.34. The fraction of sp³-hybridized carbons (Fsp3) is 0.200. The summed E-state index contributed by atoms with van der Waals surface area (Å²) >= 11 is 3.07. The van der Waals surface area contributed by atoms with Crippen LogP contribution in [0, 0.1) is 17.7 Å². The highest BCUT2D eigenvalue weighted by Crippen LogP contribution is 2.15. The Morgan fingerprint density at radius 1 is 1.53 bits per heavy atom. The third-order valence-corrected chi connectivity index (χ3v) is 2.16. The van der Waals surface area contributed by atoms with Gasteiger partial charge in [0.05, 0.1) is 4.47 Å². The molecule has 0 unspecified atom stereocenters. The Balaban J connectivity index is 2.64. The summed E-state index contributed by atoms with van der Waals surface area (Å²) < 4.78 is 13.2. The molecule has 0 amide bonds. The maximum absolute atomic E-state index is 12.8. The van der Waals surface area contributed by atoms with Gasteiger partial charge in [0.15, 0.2) is 0 Å². The molecule has 1 aromatic carbocycles. The molecule has 1 aromatic rings. The van der Waals surface area contributed by atoms with E-state index in [0.29, 0.717) is 17.4 Å². The van der Waals surface area contributed by atoms with Crippen molar-refractivity contribution >= 4 is 15.9 Å². The Kier molecular flexibility index (Phi) is 4.69. The van der Waals surface area contributed by atoms with Crippen molar-refractivity contribution < 1.29 is 4.39 Å². The summed E-state index contributed by atoms with van der Waals surface area (Å²) in [4.78, 5) is 2.61. The standard InChI is InChI=1S/C10H7BrFN3/c11-9-7-8(4-5-10(9)12)3-1-2-6-14-15-13/h4-5,7H,2,6H2. The van der Waals surface area contributed by atoms with E-state index in [1.807, 2.05) is 0 Å². The van der Waals surface area contributed by atoms with Crippen LogP contribution in [0.1, 0.15) is 12.0 Å². The predicted molar refractivity (Wildman–Crippen MR) is 59.6 cm³/mol. The number of halogens is 2. The zero-order chi connectivity index (χ0) is 11.1. The maximum atomic E-state index is 12.8. The second-order valence-electron chi connectivity index (χ2n) is 2.64. The molecule has 0 radical (unpaired) electrons. The minimum Gasteiger partial charge on any atom is -0.206 e. The Labute approximate surface area is 95.1 Å². The van der Waals surface area contributed by atoms with Crippen molar-refractivity contribution in [2.24, 2.45) is 5.11 Å². The van der Waals surface area contributed by atoms with Crippen LogP contribution in [0.3, 0.4) is 0 Å². The zero-order valence-corrected chi connectivity index (χ0v) is 9.33. The lowest BCUT2D eigenvalue weighted by molar-refractivity contribution is 0.621. The first kappa shape index (κ1) is 11.6. The summed E-state index contributed by atoms with van der Waals surface area (Å²) in [6, 6.07) is 4.55. The lowest BCUT2D eigenvalue weighted by atomic mass is 10.2. The van der Waals surface area contributed by atoms with Crippen LogP contribution in [0.4, 0.5) is 4.39 Å². The molecule has 0 heterocycles. The van der Waals surface area contributed by atoms with E-state index in [9.17, 15) is 4.39 Å². The molecule has 3 nitrogen and oxygen atoms in total. The van der Waals surface area contributed by atoms with E-state index in [1.54, 1.807) is 12.1 Å². The molecular weight excluding hydrogens is 261 g/mol. The Morgan fingerprint density at radius 2 is 2.33 bits per heavy atom. The molecule has 0 atom stereocenters. The van der Waals surface area contributed by atoms with Gasteiger partial charge in [0.2, 0.25) is 0 Å². The highest BCUT2D eigenvalue weighted by molar-refractivity contribution is 9.10. The first-order chi connectivity index (χ1) is 7.24. The fourth-order valence-electron chi connectivity index (χ4n) is 0.889. The Morgan fingerprint density at radius 3 is 3.00 bits per heavy atom. The molecule has 0 aliphatic rings. The second-order valence-corrected chi connectivity index (χ2v) is 3.49. The first-order valence-corrected chi connectivity index (χ1v) is 4.98. The van der Waals surface area contributed by atoms with Crippen LogP contribution in [0.2, 0.25) is 0 Å². The number of nitrogens with zero attached hydrogens (tertiary/aromatic N) is 3. The molecule has 15 heavy (non-hydrogen) atoms. The van der Waals surface area contributed by atoms with Crippen molar-refractivity contribution in [3.8, 4) is 11.8 Å². The fourth-order valence-corrected chi connectivity index (χ4v) is 1.27. The van der Waals surface area contributed by atoms with E-state index in [1.165, 1.54) is 6.07 Å². The van der Waals surface area contributed by atoms with Crippen LogP contribution in [0.25, 0.3) is 10.4 Å². The van der Waals surface area contributed by atoms with E-state index in [0.717, 1.165) is 5.56 Å². The largest absolute Gasteiger partial charge is 0.206 e. The van der Waals surface area contributed by atoms with Crippen LogP contribution >= 0.6 is 15.9 Å². The van der Waals surface area contributed by atoms with Gasteiger partial charge in [-0.15, -0.1) is 0 Å². The Bertz CT molecular complexity index is 455. The number of hydrogen-bond donors (Lipinski definition) is 0. The highest BCUT2D eigenvalue weighted by atomic mass is 79.9. The van der Waals surface area contributed by atoms with E-state index < -0.39 is 0 Å². The quantitative estimate of drug-likeness (QED) is 0.258. The second kappa shape index (κ2) is 6.07. The third-order valence-electron chi connectivity index (χ3n) is 1.55. The van der Waals surface area contributed by atoms with Gasteiger partial charge in [0.25, 0.3) is 0 Å². The van der Waals surface area contributed by atoms with E-state index in [4.69, 9.17) is 5.53 Å². The Hall–Kier alpha value is -1.50. The SMILES string of the molecule is [N-]=[N+]=NCCC#Cc1ccc(F)c(Br)c1. The van der Waals surface area contributed by atoms with Gasteiger partial charge in [0, 0.05) is 23.4 Å². The molecule has 5 heteroatoms. The van der Waals surface area contributed by atoms with Gasteiger partial charge in [-0.05, 0) is 39.7 Å². The monoisotopic (exact) mass is 267 g/mol. The third kappa shape index (κ3) is 4.03. The van der Waals surface area contributed by atoms with Crippen LogP contribution in [0.15, 0.2) is 27.8 Å². The lowest BCUT2D eigenvalue weighted by Gasteiger charge is -1.93. The van der Waals surface area contributed by atoms with Crippen LogP contribution < -0.4 is 0 Å². The van der Waals surface area contributed by atoms with Gasteiger partial charge in [-0.2, -0.15) is 0 Å². The summed E-state index contributed by atoms with van der Waals surface area (Å²) in [5.74, 6) is 5.36. The van der Waals surface area contributed by atoms with Gasteiger partial charge in [-0.3, -0.25) is 0 Å².